The largest absolute Gasteiger partial charge is 0.780 e. The van der Waals surface area contributed by atoms with Crippen LogP contribution in [0.15, 0.2) is 91.4 Å². The second-order valence-electron chi connectivity index (χ2n) is 9.31. The van der Waals surface area contributed by atoms with Gasteiger partial charge in [0.05, 0.1) is 6.04 Å². The third-order valence-corrected chi connectivity index (χ3v) is 6.62. The number of aromatic amines is 3. The second-order valence-corrected chi connectivity index (χ2v) is 10.4. The van der Waals surface area contributed by atoms with E-state index in [4.69, 9.17) is 10.5 Å². The van der Waals surface area contributed by atoms with Crippen molar-refractivity contribution in [1.82, 2.24) is 15.0 Å². The quantitative estimate of drug-likeness (QED) is 0.165. The molecule has 3 aromatic heterocycles. The molecule has 6 aromatic rings. The third-order valence-electron chi connectivity index (χ3n) is 6.20. The molecule has 3 heterocycles. The summed E-state index contributed by atoms with van der Waals surface area (Å²) in [5, 5.41) is 2.64. The van der Waals surface area contributed by atoms with Crippen LogP contribution in [-0.2, 0) is 20.6 Å². The predicted octanol–water partition coefficient (Wildman–Crippen LogP) is 4.10. The summed E-state index contributed by atoms with van der Waals surface area (Å²) in [5.74, 6) is 0.349. The molecule has 0 fully saturated rings. The molecular weight excluding hydrogens is 559 g/mol. The van der Waals surface area contributed by atoms with E-state index in [1.54, 1.807) is 30.5 Å². The maximum absolute atomic E-state index is 11.1. The number of rotatable bonds is 6. The van der Waals surface area contributed by atoms with Crippen LogP contribution in [0.4, 0.5) is 0 Å². The highest BCUT2D eigenvalue weighted by Crippen LogP contribution is 2.34. The number of phosphoric ester groups is 1. The highest BCUT2D eigenvalue weighted by molar-refractivity contribution is 7.43. The van der Waals surface area contributed by atoms with Crippen LogP contribution in [0.5, 0.6) is 11.5 Å². The van der Waals surface area contributed by atoms with Crippen molar-refractivity contribution < 1.29 is 33.2 Å². The van der Waals surface area contributed by atoms with Gasteiger partial charge in [-0.05, 0) is 49.2 Å². The molecule has 1 atom stereocenters. The Kier molecular flexibility index (Phi) is 9.61. The molecule has 12 heteroatoms. The molecule has 0 aliphatic carbocycles. The number of fused-ring (bicyclic) bond motifs is 3. The maximum Gasteiger partial charge on any atom is 0.308 e. The number of carbonyl (C=O) groups is 2. The number of aromatic nitrogens is 3. The Morgan fingerprint density at radius 2 is 1.21 bits per heavy atom. The maximum atomic E-state index is 11.1. The fourth-order valence-electron chi connectivity index (χ4n) is 4.21. The smallest absolute Gasteiger partial charge is 0.308 e. The summed E-state index contributed by atoms with van der Waals surface area (Å²) in [6, 6.07) is 22.2. The third kappa shape index (κ3) is 7.96. The highest BCUT2D eigenvalue weighted by Gasteiger charge is 2.12. The van der Waals surface area contributed by atoms with Crippen LogP contribution in [0.1, 0.15) is 19.4 Å². The summed E-state index contributed by atoms with van der Waals surface area (Å²) in [7, 11) is -4.98. The minimum Gasteiger partial charge on any atom is -0.780 e. The zero-order chi connectivity index (χ0) is 30.3. The first-order valence-corrected chi connectivity index (χ1v) is 14.3. The Balaban J connectivity index is 0.000000145. The monoisotopic (exact) mass is 588 g/mol. The fourth-order valence-corrected chi connectivity index (χ4v) is 4.60. The molecule has 0 spiro atoms. The number of phosphoric acid groups is 1. The summed E-state index contributed by atoms with van der Waals surface area (Å²) >= 11 is 0. The SMILES string of the molecule is CC(=O)Oc1c[nH]c2ccccc12.CC(=O)[C@@H](N)Cc1c[nH]c2ccccc12.O=P([O-])([O-])Oc1c[nH]c2ccccc12. The number of ether oxygens (including phenoxy) is 1. The lowest BCUT2D eigenvalue weighted by atomic mass is 10.0. The zero-order valence-corrected chi connectivity index (χ0v) is 23.7. The van der Waals surface area contributed by atoms with Crippen LogP contribution < -0.4 is 24.8 Å². The van der Waals surface area contributed by atoms with Crippen molar-refractivity contribution >= 4 is 52.3 Å². The number of ketones is 1. The minimum absolute atomic E-state index is 0.0280. The zero-order valence-electron chi connectivity index (χ0n) is 22.8. The number of benzene rings is 3. The second kappa shape index (κ2) is 13.3. The van der Waals surface area contributed by atoms with E-state index >= 15 is 0 Å². The van der Waals surface area contributed by atoms with Crippen LogP contribution in [0.2, 0.25) is 0 Å². The molecule has 0 saturated carbocycles. The number of nitrogens with one attached hydrogen (secondary N) is 3. The highest BCUT2D eigenvalue weighted by atomic mass is 31.2. The lowest BCUT2D eigenvalue weighted by Gasteiger charge is -2.28. The van der Waals surface area contributed by atoms with Gasteiger partial charge < -0.3 is 44.3 Å². The van der Waals surface area contributed by atoms with Crippen LogP contribution in [-0.4, -0.2) is 32.7 Å². The van der Waals surface area contributed by atoms with Crippen molar-refractivity contribution in [1.29, 1.82) is 0 Å². The predicted molar refractivity (Wildman–Crippen MR) is 157 cm³/mol. The molecule has 218 valence electrons. The molecular formula is C30H29N4O7P-2. The van der Waals surface area contributed by atoms with Gasteiger partial charge in [0, 0.05) is 58.2 Å². The van der Waals surface area contributed by atoms with E-state index in [-0.39, 0.29) is 17.5 Å². The van der Waals surface area contributed by atoms with Gasteiger partial charge >= 0.3 is 5.97 Å². The van der Waals surface area contributed by atoms with Gasteiger partial charge in [0.25, 0.3) is 0 Å². The van der Waals surface area contributed by atoms with E-state index in [1.165, 1.54) is 20.0 Å². The Morgan fingerprint density at radius 1 is 0.762 bits per heavy atom. The lowest BCUT2D eigenvalue weighted by Crippen LogP contribution is -2.30. The molecule has 11 nitrogen and oxygen atoms in total. The number of Topliss-reactive ketones (excluding diaryl/α,β-unsaturated/α-hetero) is 1. The van der Waals surface area contributed by atoms with Crippen molar-refractivity contribution in [2.75, 3.05) is 0 Å². The number of hydrogen-bond donors (Lipinski definition) is 4. The van der Waals surface area contributed by atoms with Crippen molar-refractivity contribution in [3.8, 4) is 11.5 Å². The van der Waals surface area contributed by atoms with Crippen LogP contribution in [0.3, 0.4) is 0 Å². The molecule has 3 aromatic carbocycles. The first-order chi connectivity index (χ1) is 20.0. The Morgan fingerprint density at radius 3 is 1.74 bits per heavy atom. The molecule has 42 heavy (non-hydrogen) atoms. The Hall–Kier alpha value is -4.67. The normalized spacial score (nSPS) is 11.7. The van der Waals surface area contributed by atoms with Crippen molar-refractivity contribution in [3.05, 3.63) is 97.0 Å². The summed E-state index contributed by atoms with van der Waals surface area (Å²) in [5.41, 5.74) is 9.62. The van der Waals surface area contributed by atoms with Crippen molar-refractivity contribution in [2.45, 2.75) is 26.3 Å². The topological polar surface area (TPSA) is 189 Å². The molecule has 0 radical (unpaired) electrons. The molecule has 0 bridgehead atoms. The van der Waals surface area contributed by atoms with E-state index in [2.05, 4.69) is 19.5 Å². The number of carbonyl (C=O) groups excluding carboxylic acids is 2. The molecule has 0 saturated heterocycles. The van der Waals surface area contributed by atoms with Crippen LogP contribution in [0, 0.1) is 0 Å². The standard InChI is InChI=1S/C12H14N2O.C10H9NO2.C8H8NO4P/c1-8(15)11(13)6-9-7-14-12-5-3-2-4-10(9)12;1-7(12)13-10-6-11-9-5-3-2-4-8(9)10;10-14(11,12)13-8-5-9-7-4-2-1-3-6(7)8/h2-5,7,11,14H,6,13H2,1H3;2-6,11H,1H3;1-5,9H,(H2,10,11,12)/p-2/t11-;;/m0../s1. The summed E-state index contributed by atoms with van der Waals surface area (Å²) < 4.78 is 19.6. The van der Waals surface area contributed by atoms with Gasteiger partial charge in [-0.25, -0.2) is 0 Å². The fraction of sp³-hybridized carbons (Fsp3) is 0.133. The van der Waals surface area contributed by atoms with Crippen LogP contribution >= 0.6 is 7.82 Å². The van der Waals surface area contributed by atoms with E-state index in [9.17, 15) is 23.9 Å². The first kappa shape index (κ1) is 30.3. The van der Waals surface area contributed by atoms with E-state index in [0.717, 1.165) is 32.9 Å². The number of para-hydroxylation sites is 3. The Bertz CT molecular complexity index is 1870. The molecule has 0 aliphatic heterocycles. The summed E-state index contributed by atoms with van der Waals surface area (Å²) in [6.45, 7) is 2.92. The van der Waals surface area contributed by atoms with Crippen LogP contribution in [0.25, 0.3) is 32.7 Å². The summed E-state index contributed by atoms with van der Waals surface area (Å²) in [4.78, 5) is 51.5. The number of H-pyrrole nitrogens is 3. The Labute approximate surface area is 240 Å². The summed E-state index contributed by atoms with van der Waals surface area (Å²) in [6.07, 6.45) is 5.55. The van der Waals surface area contributed by atoms with Crippen molar-refractivity contribution in [3.63, 3.8) is 0 Å². The van der Waals surface area contributed by atoms with Gasteiger partial charge in [0.1, 0.15) is 19.4 Å². The average Bonchev–Trinajstić information content (AvgIpc) is 3.66. The first-order valence-electron chi connectivity index (χ1n) is 12.8. The molecule has 0 amide bonds. The van der Waals surface area contributed by atoms with Gasteiger partial charge in [-0.1, -0.05) is 42.5 Å². The number of nitrogens with two attached hydrogens (primary N) is 1. The molecule has 0 aliphatic rings. The van der Waals surface area contributed by atoms with Gasteiger partial charge in [-0.2, -0.15) is 0 Å². The average molecular weight is 589 g/mol. The minimum atomic E-state index is -4.98. The molecule has 5 N–H and O–H groups in total. The van der Waals surface area contributed by atoms with E-state index < -0.39 is 13.9 Å². The van der Waals surface area contributed by atoms with E-state index in [1.807, 2.05) is 54.7 Å². The molecule has 6 rings (SSSR count). The molecule has 0 unspecified atom stereocenters. The van der Waals surface area contributed by atoms with Gasteiger partial charge in [0.2, 0.25) is 0 Å². The lowest BCUT2D eigenvalue weighted by molar-refractivity contribution is -0.333. The number of esters is 1. The van der Waals surface area contributed by atoms with Gasteiger partial charge in [0.15, 0.2) is 5.75 Å². The van der Waals surface area contributed by atoms with Gasteiger partial charge in [-0.3, -0.25) is 9.59 Å². The van der Waals surface area contributed by atoms with E-state index in [0.29, 0.717) is 17.6 Å². The van der Waals surface area contributed by atoms with Crippen molar-refractivity contribution in [2.24, 2.45) is 5.73 Å². The number of hydrogen-bond acceptors (Lipinski definition) is 8. The van der Waals surface area contributed by atoms with Gasteiger partial charge in [-0.15, -0.1) is 0 Å².